The maximum Gasteiger partial charge on any atom is 0.197 e. The van der Waals surface area contributed by atoms with Crippen LogP contribution in [0, 0.1) is 6.92 Å². The van der Waals surface area contributed by atoms with Crippen molar-refractivity contribution < 1.29 is 8.42 Å². The van der Waals surface area contributed by atoms with Crippen LogP contribution in [0.4, 0.5) is 0 Å². The molecule has 0 aliphatic carbocycles. The van der Waals surface area contributed by atoms with Gasteiger partial charge in [-0.05, 0) is 32.4 Å². The van der Waals surface area contributed by atoms with E-state index in [2.05, 4.69) is 11.9 Å². The van der Waals surface area contributed by atoms with Crippen LogP contribution >= 0.6 is 0 Å². The van der Waals surface area contributed by atoms with Crippen molar-refractivity contribution in [2.45, 2.75) is 24.1 Å². The van der Waals surface area contributed by atoms with Crippen LogP contribution < -0.4 is 0 Å². The van der Waals surface area contributed by atoms with E-state index in [4.69, 9.17) is 0 Å². The van der Waals surface area contributed by atoms with E-state index in [9.17, 15) is 8.42 Å². The Kier molecular flexibility index (Phi) is 2.71. The van der Waals surface area contributed by atoms with Gasteiger partial charge in [-0.1, -0.05) is 6.07 Å². The minimum absolute atomic E-state index is 0.120. The van der Waals surface area contributed by atoms with E-state index in [0.717, 1.165) is 0 Å². The minimum atomic E-state index is -3.23. The first kappa shape index (κ1) is 10.2. The van der Waals surface area contributed by atoms with E-state index in [1.165, 1.54) is 12.3 Å². The summed E-state index contributed by atoms with van der Waals surface area (Å²) in [6.07, 6.45) is 1.45. The molecule has 1 aromatic rings. The van der Waals surface area contributed by atoms with Crippen LogP contribution in [0.3, 0.4) is 0 Å². The van der Waals surface area contributed by atoms with Crippen molar-refractivity contribution in [2.75, 3.05) is 0 Å². The molecule has 0 bridgehead atoms. The maximum atomic E-state index is 11.6. The standard InChI is InChI=1S/C9H12NO2S/c1-7(2)13(11,12)9-5-4-8(3)6-10-9/h4-7H,3H2,1-2H3. The van der Waals surface area contributed by atoms with Crippen molar-refractivity contribution in [1.29, 1.82) is 0 Å². The lowest BCUT2D eigenvalue weighted by molar-refractivity contribution is 0.583. The summed E-state index contributed by atoms with van der Waals surface area (Å²) in [5, 5.41) is -0.314. The zero-order valence-electron chi connectivity index (χ0n) is 7.69. The molecule has 0 fully saturated rings. The molecule has 0 unspecified atom stereocenters. The molecule has 13 heavy (non-hydrogen) atoms. The average molecular weight is 198 g/mol. The molecule has 3 nitrogen and oxygen atoms in total. The van der Waals surface area contributed by atoms with Gasteiger partial charge in [0.1, 0.15) is 0 Å². The van der Waals surface area contributed by atoms with Gasteiger partial charge in [-0.2, -0.15) is 0 Å². The van der Waals surface area contributed by atoms with Gasteiger partial charge in [0.25, 0.3) is 0 Å². The number of sulfone groups is 1. The van der Waals surface area contributed by atoms with Gasteiger partial charge >= 0.3 is 0 Å². The smallest absolute Gasteiger partial charge is 0.197 e. The molecule has 1 radical (unpaired) electrons. The number of hydrogen-bond donors (Lipinski definition) is 0. The van der Waals surface area contributed by atoms with Crippen molar-refractivity contribution in [3.05, 3.63) is 30.8 Å². The first-order valence-electron chi connectivity index (χ1n) is 3.96. The molecule has 1 rings (SSSR count). The second-order valence-electron chi connectivity index (χ2n) is 3.10. The molecule has 0 saturated carbocycles. The van der Waals surface area contributed by atoms with E-state index in [1.807, 2.05) is 0 Å². The number of nitrogens with zero attached hydrogens (tertiary/aromatic N) is 1. The quantitative estimate of drug-likeness (QED) is 0.722. The van der Waals surface area contributed by atoms with Gasteiger partial charge < -0.3 is 0 Å². The van der Waals surface area contributed by atoms with Crippen molar-refractivity contribution in [2.24, 2.45) is 0 Å². The second kappa shape index (κ2) is 3.46. The number of pyridine rings is 1. The fourth-order valence-electron chi connectivity index (χ4n) is 0.821. The Hall–Kier alpha value is -0.900. The third kappa shape index (κ3) is 2.06. The predicted octanol–water partition coefficient (Wildman–Crippen LogP) is 1.45. The Balaban J connectivity index is 3.17. The van der Waals surface area contributed by atoms with E-state index < -0.39 is 15.1 Å². The molecule has 1 heterocycles. The summed E-state index contributed by atoms with van der Waals surface area (Å²) in [6, 6.07) is 3.12. The lowest BCUT2D eigenvalue weighted by Gasteiger charge is -2.06. The molecule has 0 amide bonds. The molecular formula is C9H12NO2S. The predicted molar refractivity (Wildman–Crippen MR) is 51.0 cm³/mol. The fraction of sp³-hybridized carbons (Fsp3) is 0.333. The molecule has 0 spiro atoms. The van der Waals surface area contributed by atoms with Crippen molar-refractivity contribution in [3.8, 4) is 0 Å². The third-order valence-electron chi connectivity index (χ3n) is 1.71. The highest BCUT2D eigenvalue weighted by molar-refractivity contribution is 7.91. The molecule has 1 aromatic heterocycles. The van der Waals surface area contributed by atoms with E-state index in [-0.39, 0.29) is 5.03 Å². The average Bonchev–Trinajstić information content (AvgIpc) is 2.04. The molecular weight excluding hydrogens is 186 g/mol. The van der Waals surface area contributed by atoms with Crippen LogP contribution in [0.5, 0.6) is 0 Å². The normalized spacial score (nSPS) is 12.0. The monoisotopic (exact) mass is 198 g/mol. The topological polar surface area (TPSA) is 47.0 Å². The van der Waals surface area contributed by atoms with Gasteiger partial charge in [-0.25, -0.2) is 13.4 Å². The van der Waals surface area contributed by atoms with E-state index in [0.29, 0.717) is 5.56 Å². The Morgan fingerprint density at radius 3 is 2.38 bits per heavy atom. The molecule has 0 aliphatic heterocycles. The first-order chi connectivity index (χ1) is 5.94. The van der Waals surface area contributed by atoms with Crippen LogP contribution in [0.25, 0.3) is 0 Å². The van der Waals surface area contributed by atoms with Crippen molar-refractivity contribution >= 4 is 9.84 Å². The first-order valence-corrected chi connectivity index (χ1v) is 5.51. The lowest BCUT2D eigenvalue weighted by atomic mass is 10.3. The summed E-state index contributed by atoms with van der Waals surface area (Å²) in [4.78, 5) is 3.82. The zero-order valence-corrected chi connectivity index (χ0v) is 8.50. The highest BCUT2D eigenvalue weighted by atomic mass is 32.2. The van der Waals surface area contributed by atoms with Gasteiger partial charge in [0.05, 0.1) is 5.25 Å². The largest absolute Gasteiger partial charge is 0.244 e. The van der Waals surface area contributed by atoms with Gasteiger partial charge in [-0.15, -0.1) is 0 Å². The SMILES string of the molecule is [CH2]c1ccc(S(=O)(=O)C(C)C)nc1. The number of rotatable bonds is 2. The number of hydrogen-bond acceptors (Lipinski definition) is 3. The van der Waals surface area contributed by atoms with Gasteiger partial charge in [-0.3, -0.25) is 0 Å². The summed E-state index contributed by atoms with van der Waals surface area (Å²) < 4.78 is 23.1. The molecule has 0 aliphatic rings. The van der Waals surface area contributed by atoms with Crippen LogP contribution in [-0.4, -0.2) is 18.7 Å². The summed E-state index contributed by atoms with van der Waals surface area (Å²) >= 11 is 0. The van der Waals surface area contributed by atoms with Crippen molar-refractivity contribution in [1.82, 2.24) is 4.98 Å². The van der Waals surface area contributed by atoms with Crippen LogP contribution in [0.1, 0.15) is 19.4 Å². The van der Waals surface area contributed by atoms with Crippen LogP contribution in [-0.2, 0) is 9.84 Å². The Morgan fingerprint density at radius 2 is 2.00 bits per heavy atom. The van der Waals surface area contributed by atoms with Gasteiger partial charge in [0.15, 0.2) is 14.9 Å². The van der Waals surface area contributed by atoms with Crippen LogP contribution in [0.15, 0.2) is 23.4 Å². The van der Waals surface area contributed by atoms with E-state index in [1.54, 1.807) is 19.9 Å². The molecule has 71 valence electrons. The van der Waals surface area contributed by atoms with Crippen LogP contribution in [0.2, 0.25) is 0 Å². The minimum Gasteiger partial charge on any atom is -0.244 e. The molecule has 4 heteroatoms. The zero-order chi connectivity index (χ0) is 10.1. The molecule has 0 aromatic carbocycles. The highest BCUT2D eigenvalue weighted by Crippen LogP contribution is 2.12. The highest BCUT2D eigenvalue weighted by Gasteiger charge is 2.19. The summed E-state index contributed by atoms with van der Waals surface area (Å²) in [6.45, 7) is 6.90. The molecule has 0 atom stereocenters. The number of aromatic nitrogens is 1. The van der Waals surface area contributed by atoms with E-state index >= 15 is 0 Å². The summed E-state index contributed by atoms with van der Waals surface area (Å²) in [5.74, 6) is 0. The van der Waals surface area contributed by atoms with Crippen molar-refractivity contribution in [3.63, 3.8) is 0 Å². The second-order valence-corrected chi connectivity index (χ2v) is 5.55. The lowest BCUT2D eigenvalue weighted by Crippen LogP contribution is -2.15. The van der Waals surface area contributed by atoms with Gasteiger partial charge in [0.2, 0.25) is 0 Å². The van der Waals surface area contributed by atoms with Gasteiger partial charge in [0, 0.05) is 6.20 Å². The Bertz CT molecular complexity index is 379. The maximum absolute atomic E-state index is 11.6. The molecule has 0 N–H and O–H groups in total. The fourth-order valence-corrected chi connectivity index (χ4v) is 1.76. The Morgan fingerprint density at radius 1 is 1.38 bits per heavy atom. The Labute approximate surface area is 78.7 Å². The summed E-state index contributed by atoms with van der Waals surface area (Å²) in [5.41, 5.74) is 0.711. The summed E-state index contributed by atoms with van der Waals surface area (Å²) in [7, 11) is -3.23. The molecule has 0 saturated heterocycles. The third-order valence-corrected chi connectivity index (χ3v) is 3.78.